The molecule has 0 fully saturated rings. The number of ether oxygens (including phenoxy) is 1. The van der Waals surface area contributed by atoms with E-state index in [-0.39, 0.29) is 18.5 Å². The molecule has 2 rings (SSSR count). The second kappa shape index (κ2) is 6.44. The third-order valence-electron chi connectivity index (χ3n) is 3.65. The Bertz CT molecular complexity index is 538. The maximum absolute atomic E-state index is 12.1. The van der Waals surface area contributed by atoms with Crippen LogP contribution in [0.25, 0.3) is 0 Å². The van der Waals surface area contributed by atoms with Gasteiger partial charge in [-0.2, -0.15) is 0 Å². The Morgan fingerprint density at radius 1 is 1.33 bits per heavy atom. The summed E-state index contributed by atoms with van der Waals surface area (Å²) in [5.74, 6) is -0.0987. The van der Waals surface area contributed by atoms with Crippen LogP contribution in [0.1, 0.15) is 50.7 Å². The van der Waals surface area contributed by atoms with Gasteiger partial charge in [-0.05, 0) is 56.2 Å². The molecule has 1 unspecified atom stereocenters. The molecule has 114 valence electrons. The highest BCUT2D eigenvalue weighted by Crippen LogP contribution is 2.33. The van der Waals surface area contributed by atoms with E-state index in [0.29, 0.717) is 12.8 Å². The molecule has 0 bridgehead atoms. The van der Waals surface area contributed by atoms with Crippen LogP contribution in [0.2, 0.25) is 0 Å². The predicted octanol–water partition coefficient (Wildman–Crippen LogP) is 3.37. The van der Waals surface area contributed by atoms with Crippen molar-refractivity contribution >= 4 is 5.97 Å². The van der Waals surface area contributed by atoms with E-state index in [0.717, 1.165) is 12.0 Å². The number of carbonyl (C=O) groups is 1. The van der Waals surface area contributed by atoms with E-state index in [1.165, 1.54) is 11.1 Å². The van der Waals surface area contributed by atoms with Crippen LogP contribution in [-0.4, -0.2) is 23.3 Å². The second-order valence-corrected chi connectivity index (χ2v) is 6.62. The molecule has 0 amide bonds. The number of rotatable bonds is 3. The number of aliphatic hydroxyl groups excluding tert-OH is 1. The maximum atomic E-state index is 12.1. The van der Waals surface area contributed by atoms with Crippen molar-refractivity contribution < 1.29 is 14.6 Å². The van der Waals surface area contributed by atoms with Crippen LogP contribution in [0, 0.1) is 0 Å². The Morgan fingerprint density at radius 2 is 2.05 bits per heavy atom. The number of esters is 1. The highest BCUT2D eigenvalue weighted by Gasteiger charge is 2.25. The summed E-state index contributed by atoms with van der Waals surface area (Å²) in [5.41, 5.74) is 2.97. The summed E-state index contributed by atoms with van der Waals surface area (Å²) in [6, 6.07) is 8.19. The lowest BCUT2D eigenvalue weighted by molar-refractivity contribution is -0.155. The molecule has 3 heteroatoms. The SMILES string of the molecule is CC(C)(C)OC(=O)CC1CC(CO)=CCc2ccccc21. The van der Waals surface area contributed by atoms with Crippen LogP contribution in [0.3, 0.4) is 0 Å². The lowest BCUT2D eigenvalue weighted by Gasteiger charge is -2.23. The van der Waals surface area contributed by atoms with E-state index >= 15 is 0 Å². The monoisotopic (exact) mass is 288 g/mol. The number of benzene rings is 1. The van der Waals surface area contributed by atoms with Crippen LogP contribution in [0.15, 0.2) is 35.9 Å². The summed E-state index contributed by atoms with van der Waals surface area (Å²) < 4.78 is 5.44. The lowest BCUT2D eigenvalue weighted by atomic mass is 9.88. The molecule has 0 saturated heterocycles. The number of aliphatic hydroxyl groups is 1. The van der Waals surface area contributed by atoms with E-state index in [9.17, 15) is 9.90 Å². The van der Waals surface area contributed by atoms with Crippen LogP contribution in [-0.2, 0) is 16.0 Å². The smallest absolute Gasteiger partial charge is 0.306 e. The van der Waals surface area contributed by atoms with Gasteiger partial charge >= 0.3 is 5.97 Å². The molecule has 1 atom stereocenters. The van der Waals surface area contributed by atoms with Gasteiger partial charge < -0.3 is 9.84 Å². The minimum absolute atomic E-state index is 0.0544. The van der Waals surface area contributed by atoms with Gasteiger partial charge in [0.25, 0.3) is 0 Å². The fourth-order valence-corrected chi connectivity index (χ4v) is 2.78. The quantitative estimate of drug-likeness (QED) is 0.685. The molecule has 1 aliphatic carbocycles. The summed E-state index contributed by atoms with van der Waals surface area (Å²) >= 11 is 0. The molecule has 0 radical (unpaired) electrons. The van der Waals surface area contributed by atoms with Gasteiger partial charge in [0, 0.05) is 0 Å². The van der Waals surface area contributed by atoms with Crippen molar-refractivity contribution in [3.05, 3.63) is 47.0 Å². The van der Waals surface area contributed by atoms with Crippen LogP contribution in [0.5, 0.6) is 0 Å². The van der Waals surface area contributed by atoms with Crippen molar-refractivity contribution in [1.29, 1.82) is 0 Å². The van der Waals surface area contributed by atoms with Gasteiger partial charge in [0.2, 0.25) is 0 Å². The van der Waals surface area contributed by atoms with Gasteiger partial charge in [-0.15, -0.1) is 0 Å². The van der Waals surface area contributed by atoms with Crippen molar-refractivity contribution in [2.24, 2.45) is 0 Å². The average Bonchev–Trinajstić information content (AvgIpc) is 2.57. The molecule has 1 N–H and O–H groups in total. The number of fused-ring (bicyclic) bond motifs is 1. The van der Waals surface area contributed by atoms with Crippen molar-refractivity contribution in [2.45, 2.75) is 51.6 Å². The number of allylic oxidation sites excluding steroid dienone is 1. The first-order valence-corrected chi connectivity index (χ1v) is 7.47. The second-order valence-electron chi connectivity index (χ2n) is 6.62. The van der Waals surface area contributed by atoms with E-state index < -0.39 is 5.60 Å². The lowest BCUT2D eigenvalue weighted by Crippen LogP contribution is -2.25. The van der Waals surface area contributed by atoms with Crippen LogP contribution in [0.4, 0.5) is 0 Å². The summed E-state index contributed by atoms with van der Waals surface area (Å²) in [5, 5.41) is 9.45. The Morgan fingerprint density at radius 3 is 2.71 bits per heavy atom. The van der Waals surface area contributed by atoms with E-state index in [1.54, 1.807) is 0 Å². The fraction of sp³-hybridized carbons (Fsp3) is 0.500. The van der Waals surface area contributed by atoms with Crippen LogP contribution < -0.4 is 0 Å². The van der Waals surface area contributed by atoms with Gasteiger partial charge in [-0.25, -0.2) is 0 Å². The zero-order chi connectivity index (χ0) is 15.5. The topological polar surface area (TPSA) is 46.5 Å². The number of carbonyl (C=O) groups excluding carboxylic acids is 1. The Kier molecular flexibility index (Phi) is 4.84. The third kappa shape index (κ3) is 4.43. The molecule has 0 aliphatic heterocycles. The molecule has 1 aliphatic rings. The van der Waals surface area contributed by atoms with Crippen molar-refractivity contribution in [1.82, 2.24) is 0 Å². The number of hydrogen-bond donors (Lipinski definition) is 1. The predicted molar refractivity (Wildman–Crippen MR) is 83.1 cm³/mol. The molecule has 0 aromatic heterocycles. The number of hydrogen-bond acceptors (Lipinski definition) is 3. The zero-order valence-corrected chi connectivity index (χ0v) is 13.1. The fourth-order valence-electron chi connectivity index (χ4n) is 2.78. The molecule has 1 aromatic rings. The van der Waals surface area contributed by atoms with E-state index in [4.69, 9.17) is 4.74 Å². The first-order valence-electron chi connectivity index (χ1n) is 7.47. The first-order chi connectivity index (χ1) is 9.89. The minimum atomic E-state index is -0.461. The maximum Gasteiger partial charge on any atom is 0.306 e. The molecule has 0 spiro atoms. The average molecular weight is 288 g/mol. The van der Waals surface area contributed by atoms with Crippen molar-refractivity contribution in [2.75, 3.05) is 6.61 Å². The first kappa shape index (κ1) is 15.8. The van der Waals surface area contributed by atoms with Crippen molar-refractivity contribution in [3.63, 3.8) is 0 Å². The Hall–Kier alpha value is -1.61. The highest BCUT2D eigenvalue weighted by atomic mass is 16.6. The summed E-state index contributed by atoms with van der Waals surface area (Å²) in [6.45, 7) is 5.69. The molecular weight excluding hydrogens is 264 g/mol. The third-order valence-corrected chi connectivity index (χ3v) is 3.65. The molecule has 1 aromatic carbocycles. The largest absolute Gasteiger partial charge is 0.460 e. The molecule has 0 saturated carbocycles. The van der Waals surface area contributed by atoms with Gasteiger partial charge in [0.15, 0.2) is 0 Å². The highest BCUT2D eigenvalue weighted by molar-refractivity contribution is 5.71. The molecule has 0 heterocycles. The summed E-state index contributed by atoms with van der Waals surface area (Å²) in [4.78, 5) is 12.1. The van der Waals surface area contributed by atoms with E-state index in [2.05, 4.69) is 18.2 Å². The Labute approximate surface area is 126 Å². The van der Waals surface area contributed by atoms with Gasteiger partial charge in [0.1, 0.15) is 5.60 Å². The van der Waals surface area contributed by atoms with E-state index in [1.807, 2.05) is 32.9 Å². The molecule has 21 heavy (non-hydrogen) atoms. The Balaban J connectivity index is 2.20. The summed E-state index contributed by atoms with van der Waals surface area (Å²) in [6.07, 6.45) is 3.96. The normalized spacial score (nSPS) is 18.5. The molecule has 3 nitrogen and oxygen atoms in total. The van der Waals surface area contributed by atoms with Gasteiger partial charge in [-0.3, -0.25) is 4.79 Å². The summed E-state index contributed by atoms with van der Waals surface area (Å²) in [7, 11) is 0. The van der Waals surface area contributed by atoms with Crippen LogP contribution >= 0.6 is 0 Å². The van der Waals surface area contributed by atoms with Crippen molar-refractivity contribution in [3.8, 4) is 0 Å². The van der Waals surface area contributed by atoms with Gasteiger partial charge in [0.05, 0.1) is 13.0 Å². The van der Waals surface area contributed by atoms with Gasteiger partial charge in [-0.1, -0.05) is 30.3 Å². The zero-order valence-electron chi connectivity index (χ0n) is 13.1. The molecular formula is C18H24O3. The standard InChI is InChI=1S/C18H24O3/c1-18(2,3)21-17(20)11-15-10-13(12-19)8-9-14-6-4-5-7-16(14)15/h4-8,15,19H,9-12H2,1-3H3. The minimum Gasteiger partial charge on any atom is -0.460 e.